The average molecular weight is 221 g/mol. The van der Waals surface area contributed by atoms with Crippen molar-refractivity contribution >= 4 is 0 Å². The van der Waals surface area contributed by atoms with Crippen molar-refractivity contribution in [3.63, 3.8) is 0 Å². The summed E-state index contributed by atoms with van der Waals surface area (Å²) < 4.78 is 0. The molecule has 0 aliphatic heterocycles. The zero-order valence-corrected chi connectivity index (χ0v) is 10.7. The maximum atomic E-state index is 10.6. The molecular weight excluding hydrogens is 198 g/mol. The van der Waals surface area contributed by atoms with Gasteiger partial charge in [0, 0.05) is 13.0 Å². The maximum absolute atomic E-state index is 10.6. The van der Waals surface area contributed by atoms with Crippen LogP contribution < -0.4 is 5.73 Å². The van der Waals surface area contributed by atoms with Gasteiger partial charge in [-0.25, -0.2) is 0 Å². The van der Waals surface area contributed by atoms with Crippen molar-refractivity contribution in [3.8, 4) is 0 Å². The van der Waals surface area contributed by atoms with Gasteiger partial charge in [-0.1, -0.05) is 45.0 Å². The van der Waals surface area contributed by atoms with E-state index in [1.807, 2.05) is 32.9 Å². The standard InChI is InChI=1S/C14H23NO/c1-11-7-5-6-8-12(11)9-14(16,10-15)13(2,3)4/h5-8,16H,9-10,15H2,1-4H3. The molecule has 2 nitrogen and oxygen atoms in total. The number of hydrogen-bond donors (Lipinski definition) is 2. The molecule has 16 heavy (non-hydrogen) atoms. The molecule has 1 atom stereocenters. The van der Waals surface area contributed by atoms with Crippen molar-refractivity contribution in [1.29, 1.82) is 0 Å². The highest BCUT2D eigenvalue weighted by Gasteiger charge is 2.38. The highest BCUT2D eigenvalue weighted by Crippen LogP contribution is 2.33. The number of hydrogen-bond acceptors (Lipinski definition) is 2. The molecule has 0 spiro atoms. The van der Waals surface area contributed by atoms with Crippen LogP contribution in [0.25, 0.3) is 0 Å². The van der Waals surface area contributed by atoms with Crippen molar-refractivity contribution in [3.05, 3.63) is 35.4 Å². The second-order valence-electron chi connectivity index (χ2n) is 5.59. The van der Waals surface area contributed by atoms with Crippen LogP contribution in [0.1, 0.15) is 31.9 Å². The summed E-state index contributed by atoms with van der Waals surface area (Å²) in [6, 6.07) is 8.13. The summed E-state index contributed by atoms with van der Waals surface area (Å²) in [6.07, 6.45) is 0.611. The number of benzene rings is 1. The summed E-state index contributed by atoms with van der Waals surface area (Å²) >= 11 is 0. The zero-order chi connectivity index (χ0) is 12.4. The number of aliphatic hydroxyl groups is 1. The lowest BCUT2D eigenvalue weighted by atomic mass is 9.72. The van der Waals surface area contributed by atoms with Crippen LogP contribution in [0.3, 0.4) is 0 Å². The Morgan fingerprint density at radius 3 is 2.19 bits per heavy atom. The summed E-state index contributed by atoms with van der Waals surface area (Å²) in [7, 11) is 0. The van der Waals surface area contributed by atoms with E-state index >= 15 is 0 Å². The summed E-state index contributed by atoms with van der Waals surface area (Å²) in [4.78, 5) is 0. The van der Waals surface area contributed by atoms with Crippen molar-refractivity contribution in [1.82, 2.24) is 0 Å². The van der Waals surface area contributed by atoms with Gasteiger partial charge in [0.1, 0.15) is 0 Å². The average Bonchev–Trinajstić information content (AvgIpc) is 2.19. The van der Waals surface area contributed by atoms with E-state index in [0.29, 0.717) is 6.42 Å². The number of aryl methyl sites for hydroxylation is 1. The van der Waals surface area contributed by atoms with Crippen molar-refractivity contribution in [2.75, 3.05) is 6.54 Å². The van der Waals surface area contributed by atoms with Gasteiger partial charge in [0.05, 0.1) is 5.60 Å². The van der Waals surface area contributed by atoms with Gasteiger partial charge in [-0.2, -0.15) is 0 Å². The molecule has 1 rings (SSSR count). The summed E-state index contributed by atoms with van der Waals surface area (Å²) in [6.45, 7) is 8.42. The molecular formula is C14H23NO. The molecule has 90 valence electrons. The Bertz CT molecular complexity index is 354. The minimum atomic E-state index is -0.848. The molecule has 3 N–H and O–H groups in total. The Balaban J connectivity index is 2.99. The lowest BCUT2D eigenvalue weighted by Gasteiger charge is -2.40. The van der Waals surface area contributed by atoms with Crippen LogP contribution in [0.5, 0.6) is 0 Å². The van der Waals surface area contributed by atoms with E-state index in [-0.39, 0.29) is 12.0 Å². The second-order valence-corrected chi connectivity index (χ2v) is 5.59. The Morgan fingerprint density at radius 2 is 1.75 bits per heavy atom. The van der Waals surface area contributed by atoms with Crippen LogP contribution in [-0.4, -0.2) is 17.3 Å². The molecule has 0 bridgehead atoms. The van der Waals surface area contributed by atoms with Crippen molar-refractivity contribution < 1.29 is 5.11 Å². The molecule has 0 saturated heterocycles. The highest BCUT2D eigenvalue weighted by molar-refractivity contribution is 5.27. The van der Waals surface area contributed by atoms with Crippen molar-refractivity contribution in [2.45, 2.75) is 39.7 Å². The predicted octanol–water partition coefficient (Wildman–Crippen LogP) is 2.27. The van der Waals surface area contributed by atoms with Crippen LogP contribution >= 0.6 is 0 Å². The molecule has 0 fully saturated rings. The van der Waals surface area contributed by atoms with E-state index in [9.17, 15) is 5.11 Å². The summed E-state index contributed by atoms with van der Waals surface area (Å²) in [5, 5.41) is 10.6. The fourth-order valence-electron chi connectivity index (χ4n) is 1.77. The van der Waals surface area contributed by atoms with Crippen LogP contribution in [0.2, 0.25) is 0 Å². The molecule has 1 unspecified atom stereocenters. The Kier molecular flexibility index (Phi) is 3.76. The molecule has 1 aromatic rings. The maximum Gasteiger partial charge on any atom is 0.0857 e. The molecule has 0 amide bonds. The quantitative estimate of drug-likeness (QED) is 0.822. The molecule has 2 heteroatoms. The van der Waals surface area contributed by atoms with Crippen LogP contribution in [-0.2, 0) is 6.42 Å². The van der Waals surface area contributed by atoms with E-state index in [1.54, 1.807) is 0 Å². The third-order valence-electron chi connectivity index (χ3n) is 3.48. The third kappa shape index (κ3) is 2.63. The molecule has 0 aliphatic rings. The fourth-order valence-corrected chi connectivity index (χ4v) is 1.77. The van der Waals surface area contributed by atoms with E-state index in [0.717, 1.165) is 0 Å². The topological polar surface area (TPSA) is 46.2 Å². The SMILES string of the molecule is Cc1ccccc1CC(O)(CN)C(C)(C)C. The fraction of sp³-hybridized carbons (Fsp3) is 0.571. The van der Waals surface area contributed by atoms with Gasteiger partial charge in [-0.05, 0) is 23.5 Å². The molecule has 0 radical (unpaired) electrons. The van der Waals surface area contributed by atoms with E-state index < -0.39 is 5.60 Å². The molecule has 1 aromatic carbocycles. The summed E-state index contributed by atoms with van der Waals surface area (Å²) in [5.41, 5.74) is 7.05. The van der Waals surface area contributed by atoms with E-state index in [1.165, 1.54) is 11.1 Å². The zero-order valence-electron chi connectivity index (χ0n) is 10.7. The van der Waals surface area contributed by atoms with Crippen molar-refractivity contribution in [2.24, 2.45) is 11.1 Å². The summed E-state index contributed by atoms with van der Waals surface area (Å²) in [5.74, 6) is 0. The van der Waals surface area contributed by atoms with Gasteiger partial charge in [0.15, 0.2) is 0 Å². The third-order valence-corrected chi connectivity index (χ3v) is 3.48. The van der Waals surface area contributed by atoms with Gasteiger partial charge < -0.3 is 10.8 Å². The van der Waals surface area contributed by atoms with E-state index in [4.69, 9.17) is 5.73 Å². The van der Waals surface area contributed by atoms with Crippen LogP contribution in [0.4, 0.5) is 0 Å². The highest BCUT2D eigenvalue weighted by atomic mass is 16.3. The Morgan fingerprint density at radius 1 is 1.19 bits per heavy atom. The largest absolute Gasteiger partial charge is 0.388 e. The van der Waals surface area contributed by atoms with Gasteiger partial charge in [-0.15, -0.1) is 0 Å². The van der Waals surface area contributed by atoms with E-state index in [2.05, 4.69) is 19.1 Å². The smallest absolute Gasteiger partial charge is 0.0857 e. The lowest BCUT2D eigenvalue weighted by Crippen LogP contribution is -2.51. The van der Waals surface area contributed by atoms with Crippen LogP contribution in [0.15, 0.2) is 24.3 Å². The second kappa shape index (κ2) is 4.56. The predicted molar refractivity (Wildman–Crippen MR) is 68.3 cm³/mol. The molecule has 0 aromatic heterocycles. The first-order valence-corrected chi connectivity index (χ1v) is 5.77. The molecule has 0 aliphatic carbocycles. The first kappa shape index (κ1) is 13.2. The first-order chi connectivity index (χ1) is 7.30. The normalized spacial score (nSPS) is 15.9. The van der Waals surface area contributed by atoms with Gasteiger partial charge in [-0.3, -0.25) is 0 Å². The minimum absolute atomic E-state index is 0.218. The molecule has 0 saturated carbocycles. The monoisotopic (exact) mass is 221 g/mol. The minimum Gasteiger partial charge on any atom is -0.388 e. The molecule has 0 heterocycles. The number of nitrogens with two attached hydrogens (primary N) is 1. The van der Waals surface area contributed by atoms with Gasteiger partial charge in [0.2, 0.25) is 0 Å². The lowest BCUT2D eigenvalue weighted by molar-refractivity contribution is -0.0491. The Hall–Kier alpha value is -0.860. The Labute approximate surface area is 98.5 Å². The van der Waals surface area contributed by atoms with Gasteiger partial charge >= 0.3 is 0 Å². The van der Waals surface area contributed by atoms with Gasteiger partial charge in [0.25, 0.3) is 0 Å². The first-order valence-electron chi connectivity index (χ1n) is 5.77. The van der Waals surface area contributed by atoms with Crippen LogP contribution in [0, 0.1) is 12.3 Å². The number of rotatable bonds is 3.